The minimum Gasteiger partial charge on any atom is -0.347 e. The predicted molar refractivity (Wildman–Crippen MR) is 78.0 cm³/mol. The molecule has 17 heavy (non-hydrogen) atoms. The van der Waals surface area contributed by atoms with Crippen LogP contribution in [0.15, 0.2) is 73.1 Å². The van der Waals surface area contributed by atoms with Crippen LogP contribution in [0.3, 0.4) is 0 Å². The lowest BCUT2D eigenvalue weighted by Crippen LogP contribution is -2.16. The Morgan fingerprint density at radius 3 is 2.00 bits per heavy atom. The number of anilines is 1. The van der Waals surface area contributed by atoms with Crippen molar-refractivity contribution >= 4 is 19.1 Å². The quantitative estimate of drug-likeness (QED) is 0.731. The van der Waals surface area contributed by atoms with Gasteiger partial charge < -0.3 is 4.67 Å². The third-order valence-electron chi connectivity index (χ3n) is 2.65. The van der Waals surface area contributed by atoms with Gasteiger partial charge in [-0.25, -0.2) is 0 Å². The molecular weight excluding hydrogens is 225 g/mol. The highest BCUT2D eigenvalue weighted by molar-refractivity contribution is 7.70. The van der Waals surface area contributed by atoms with Gasteiger partial charge in [0, 0.05) is 20.8 Å². The Morgan fingerprint density at radius 1 is 0.941 bits per heavy atom. The lowest BCUT2D eigenvalue weighted by atomic mass is 10.3. The van der Waals surface area contributed by atoms with Gasteiger partial charge in [0.25, 0.3) is 0 Å². The molecular formula is C15H16NP. The van der Waals surface area contributed by atoms with Crippen LogP contribution in [-0.4, -0.2) is 7.05 Å². The van der Waals surface area contributed by atoms with E-state index < -0.39 is 8.07 Å². The molecule has 0 aliphatic carbocycles. The van der Waals surface area contributed by atoms with Crippen molar-refractivity contribution in [3.8, 4) is 0 Å². The molecule has 0 radical (unpaired) electrons. The highest BCUT2D eigenvalue weighted by atomic mass is 31.1. The van der Waals surface area contributed by atoms with E-state index in [0.29, 0.717) is 0 Å². The smallest absolute Gasteiger partial charge is 0.0465 e. The number of benzene rings is 2. The summed E-state index contributed by atoms with van der Waals surface area (Å²) in [4.78, 5) is 0. The summed E-state index contributed by atoms with van der Waals surface area (Å²) in [5.74, 6) is 2.04. The van der Waals surface area contributed by atoms with Crippen LogP contribution in [-0.2, 0) is 0 Å². The molecule has 2 aromatic rings. The first-order valence-electron chi connectivity index (χ1n) is 5.58. The molecule has 0 N–H and O–H groups in total. The first-order chi connectivity index (χ1) is 8.33. The third-order valence-corrected chi connectivity index (χ3v) is 4.70. The van der Waals surface area contributed by atoms with Crippen LogP contribution in [0, 0.1) is 0 Å². The molecule has 0 heterocycles. The maximum atomic E-state index is 3.97. The summed E-state index contributed by atoms with van der Waals surface area (Å²) >= 11 is 0. The summed E-state index contributed by atoms with van der Waals surface area (Å²) in [6.45, 7) is 3.97. The second-order valence-corrected chi connectivity index (χ2v) is 5.89. The Morgan fingerprint density at radius 2 is 1.47 bits per heavy atom. The van der Waals surface area contributed by atoms with Crippen molar-refractivity contribution < 1.29 is 0 Å². The number of rotatable bonds is 4. The fraction of sp³-hybridized carbons (Fsp3) is 0.0667. The van der Waals surface area contributed by atoms with Gasteiger partial charge in [0.1, 0.15) is 0 Å². The summed E-state index contributed by atoms with van der Waals surface area (Å²) in [6, 6.07) is 20.9. The van der Waals surface area contributed by atoms with Crippen LogP contribution in [0.2, 0.25) is 0 Å². The van der Waals surface area contributed by atoms with E-state index in [1.807, 2.05) is 17.9 Å². The van der Waals surface area contributed by atoms with Crippen molar-refractivity contribution in [3.05, 3.63) is 73.1 Å². The van der Waals surface area contributed by atoms with Gasteiger partial charge in [-0.2, -0.15) is 0 Å². The highest BCUT2D eigenvalue weighted by Gasteiger charge is 2.13. The van der Waals surface area contributed by atoms with Gasteiger partial charge in [-0.15, -0.1) is 0 Å². The van der Waals surface area contributed by atoms with Gasteiger partial charge in [0.15, 0.2) is 0 Å². The number of nitrogens with zero attached hydrogens (tertiary/aromatic N) is 1. The van der Waals surface area contributed by atoms with Gasteiger partial charge >= 0.3 is 0 Å². The maximum absolute atomic E-state index is 3.97. The minimum absolute atomic E-state index is 0.494. The SMILES string of the molecule is C=CP(c1ccccc1)N(C)c1ccccc1. The average molecular weight is 241 g/mol. The molecule has 0 aliphatic heterocycles. The second-order valence-electron chi connectivity index (χ2n) is 3.72. The molecule has 0 spiro atoms. The molecule has 1 nitrogen and oxygen atoms in total. The van der Waals surface area contributed by atoms with Crippen molar-refractivity contribution in [3.63, 3.8) is 0 Å². The van der Waals surface area contributed by atoms with Crippen LogP contribution < -0.4 is 9.97 Å². The first kappa shape index (κ1) is 11.9. The molecule has 0 amide bonds. The van der Waals surface area contributed by atoms with E-state index in [2.05, 4.69) is 66.8 Å². The van der Waals surface area contributed by atoms with Crippen LogP contribution in [0.1, 0.15) is 0 Å². The van der Waals surface area contributed by atoms with E-state index in [-0.39, 0.29) is 0 Å². The molecule has 2 heteroatoms. The van der Waals surface area contributed by atoms with Gasteiger partial charge in [-0.1, -0.05) is 55.1 Å². The standard InChI is InChI=1S/C15H16NP/c1-3-17(15-12-8-5-9-13-15)16(2)14-10-6-4-7-11-14/h3-13H,1H2,2H3. The lowest BCUT2D eigenvalue weighted by Gasteiger charge is -2.27. The molecule has 2 aromatic carbocycles. The Labute approximate surface area is 104 Å². The van der Waals surface area contributed by atoms with Crippen LogP contribution in [0.4, 0.5) is 5.69 Å². The lowest BCUT2D eigenvalue weighted by molar-refractivity contribution is 1.34. The Balaban J connectivity index is 2.28. The van der Waals surface area contributed by atoms with Gasteiger partial charge in [-0.3, -0.25) is 0 Å². The molecule has 86 valence electrons. The van der Waals surface area contributed by atoms with Crippen molar-refractivity contribution in [1.29, 1.82) is 0 Å². The molecule has 0 aromatic heterocycles. The van der Waals surface area contributed by atoms with Crippen molar-refractivity contribution in [1.82, 2.24) is 0 Å². The normalized spacial score (nSPS) is 11.8. The fourth-order valence-corrected chi connectivity index (χ4v) is 3.41. The van der Waals surface area contributed by atoms with E-state index in [1.54, 1.807) is 0 Å². The zero-order chi connectivity index (χ0) is 12.1. The minimum atomic E-state index is -0.494. The molecule has 1 atom stereocenters. The second kappa shape index (κ2) is 5.65. The van der Waals surface area contributed by atoms with E-state index in [0.717, 1.165) is 0 Å². The molecule has 0 aliphatic rings. The predicted octanol–water partition coefficient (Wildman–Crippen LogP) is 3.99. The summed E-state index contributed by atoms with van der Waals surface area (Å²) in [6.07, 6.45) is 0. The molecule has 2 rings (SSSR count). The van der Waals surface area contributed by atoms with Crippen molar-refractivity contribution in [2.75, 3.05) is 11.7 Å². The van der Waals surface area contributed by atoms with Crippen molar-refractivity contribution in [2.24, 2.45) is 0 Å². The summed E-state index contributed by atoms with van der Waals surface area (Å²) < 4.78 is 2.29. The van der Waals surface area contributed by atoms with Gasteiger partial charge in [0.2, 0.25) is 0 Å². The third kappa shape index (κ3) is 2.75. The zero-order valence-electron chi connectivity index (χ0n) is 9.95. The Hall–Kier alpha value is -1.59. The summed E-state index contributed by atoms with van der Waals surface area (Å²) in [5, 5.41) is 1.32. The van der Waals surface area contributed by atoms with E-state index in [1.165, 1.54) is 11.0 Å². The first-order valence-corrected chi connectivity index (χ1v) is 6.95. The molecule has 0 saturated carbocycles. The largest absolute Gasteiger partial charge is 0.347 e. The Kier molecular flexibility index (Phi) is 3.95. The number of hydrogen-bond donors (Lipinski definition) is 0. The van der Waals surface area contributed by atoms with Crippen molar-refractivity contribution in [2.45, 2.75) is 0 Å². The fourth-order valence-electron chi connectivity index (χ4n) is 1.75. The topological polar surface area (TPSA) is 3.24 Å². The molecule has 0 fully saturated rings. The maximum Gasteiger partial charge on any atom is 0.0465 e. The summed E-state index contributed by atoms with van der Waals surface area (Å²) in [5.41, 5.74) is 1.22. The number of hydrogen-bond acceptors (Lipinski definition) is 1. The van der Waals surface area contributed by atoms with Crippen LogP contribution in [0.25, 0.3) is 0 Å². The average Bonchev–Trinajstić information content (AvgIpc) is 2.42. The Bertz CT molecular complexity index is 467. The zero-order valence-corrected chi connectivity index (χ0v) is 10.8. The van der Waals surface area contributed by atoms with Gasteiger partial charge in [-0.05, 0) is 23.3 Å². The van der Waals surface area contributed by atoms with Gasteiger partial charge in [0.05, 0.1) is 0 Å². The van der Waals surface area contributed by atoms with Crippen LogP contribution >= 0.6 is 8.07 Å². The molecule has 0 bridgehead atoms. The molecule has 1 unspecified atom stereocenters. The van der Waals surface area contributed by atoms with Crippen LogP contribution in [0.5, 0.6) is 0 Å². The van der Waals surface area contributed by atoms with E-state index in [9.17, 15) is 0 Å². The van der Waals surface area contributed by atoms with E-state index >= 15 is 0 Å². The summed E-state index contributed by atoms with van der Waals surface area (Å²) in [7, 11) is 1.63. The number of para-hydroxylation sites is 1. The highest BCUT2D eigenvalue weighted by Crippen LogP contribution is 2.41. The monoisotopic (exact) mass is 241 g/mol. The van der Waals surface area contributed by atoms with E-state index in [4.69, 9.17) is 0 Å². The molecule has 0 saturated heterocycles.